The van der Waals surface area contributed by atoms with Gasteiger partial charge in [-0.25, -0.2) is 14.8 Å². The smallest absolute Gasteiger partial charge is 0.358 e. The largest absolute Gasteiger partial charge is 0.476 e. The third-order valence-corrected chi connectivity index (χ3v) is 3.31. The molecule has 2 rings (SSSR count). The molecule has 2 heterocycles. The first-order valence-electron chi connectivity index (χ1n) is 6.24. The van der Waals surface area contributed by atoms with E-state index < -0.39 is 5.97 Å². The van der Waals surface area contributed by atoms with Gasteiger partial charge in [0.2, 0.25) is 0 Å². The number of hydrogen-bond donors (Lipinski definition) is 2. The minimum atomic E-state index is -1.05. The Morgan fingerprint density at radius 1 is 1.56 bits per heavy atom. The average Bonchev–Trinajstić information content (AvgIpc) is 2.84. The van der Waals surface area contributed by atoms with Crippen molar-refractivity contribution >= 4 is 11.8 Å². The van der Waals surface area contributed by atoms with Crippen LogP contribution in [0.3, 0.4) is 0 Å². The SMILES string of the molecule is CCN1CCCC1CNc1nccnc1C(=O)O. The summed E-state index contributed by atoms with van der Waals surface area (Å²) in [6.07, 6.45) is 5.24. The number of carboxylic acids is 1. The zero-order chi connectivity index (χ0) is 13.0. The minimum absolute atomic E-state index is 0.0152. The fourth-order valence-corrected chi connectivity index (χ4v) is 2.38. The molecule has 1 saturated heterocycles. The topological polar surface area (TPSA) is 78.3 Å². The molecular formula is C12H18N4O2. The van der Waals surface area contributed by atoms with Crippen molar-refractivity contribution in [3.8, 4) is 0 Å². The van der Waals surface area contributed by atoms with Gasteiger partial charge in [0.25, 0.3) is 0 Å². The lowest BCUT2D eigenvalue weighted by atomic mass is 10.2. The van der Waals surface area contributed by atoms with Crippen molar-refractivity contribution in [1.29, 1.82) is 0 Å². The Morgan fingerprint density at radius 3 is 3.06 bits per heavy atom. The molecule has 2 N–H and O–H groups in total. The summed E-state index contributed by atoms with van der Waals surface area (Å²) in [6, 6.07) is 0.457. The number of nitrogens with one attached hydrogen (secondary N) is 1. The Bertz CT molecular complexity index is 424. The van der Waals surface area contributed by atoms with E-state index in [0.29, 0.717) is 18.4 Å². The van der Waals surface area contributed by atoms with Crippen LogP contribution in [0.25, 0.3) is 0 Å². The van der Waals surface area contributed by atoms with Gasteiger partial charge in [-0.3, -0.25) is 4.90 Å². The van der Waals surface area contributed by atoms with Gasteiger partial charge < -0.3 is 10.4 Å². The Morgan fingerprint density at radius 2 is 2.33 bits per heavy atom. The van der Waals surface area contributed by atoms with E-state index in [-0.39, 0.29) is 5.69 Å². The first kappa shape index (κ1) is 12.8. The van der Waals surface area contributed by atoms with Crippen molar-refractivity contribution < 1.29 is 9.90 Å². The van der Waals surface area contributed by atoms with E-state index in [1.165, 1.54) is 18.8 Å². The maximum atomic E-state index is 11.0. The molecular weight excluding hydrogens is 232 g/mol. The van der Waals surface area contributed by atoms with Crippen LogP contribution in [0.15, 0.2) is 12.4 Å². The van der Waals surface area contributed by atoms with E-state index in [9.17, 15) is 4.79 Å². The molecule has 1 atom stereocenters. The highest BCUT2D eigenvalue weighted by molar-refractivity contribution is 5.90. The molecule has 0 spiro atoms. The van der Waals surface area contributed by atoms with Crippen LogP contribution < -0.4 is 5.32 Å². The van der Waals surface area contributed by atoms with E-state index in [1.54, 1.807) is 0 Å². The van der Waals surface area contributed by atoms with E-state index in [0.717, 1.165) is 19.5 Å². The number of carbonyl (C=O) groups is 1. The molecule has 18 heavy (non-hydrogen) atoms. The summed E-state index contributed by atoms with van der Waals surface area (Å²) in [5.41, 5.74) is -0.0152. The van der Waals surface area contributed by atoms with Crippen LogP contribution in [0.5, 0.6) is 0 Å². The molecule has 1 aromatic heterocycles. The minimum Gasteiger partial charge on any atom is -0.476 e. The Kier molecular flexibility index (Phi) is 4.09. The quantitative estimate of drug-likeness (QED) is 0.814. The number of hydrogen-bond acceptors (Lipinski definition) is 5. The maximum absolute atomic E-state index is 11.0. The number of aromatic carboxylic acids is 1. The van der Waals surface area contributed by atoms with Crippen LogP contribution in [0, 0.1) is 0 Å². The second-order valence-electron chi connectivity index (χ2n) is 4.36. The summed E-state index contributed by atoms with van der Waals surface area (Å²) in [5, 5.41) is 12.1. The molecule has 0 amide bonds. The van der Waals surface area contributed by atoms with Gasteiger partial charge in [0.05, 0.1) is 0 Å². The normalized spacial score (nSPS) is 19.9. The second kappa shape index (κ2) is 5.77. The third-order valence-electron chi connectivity index (χ3n) is 3.31. The molecule has 98 valence electrons. The highest BCUT2D eigenvalue weighted by Crippen LogP contribution is 2.17. The standard InChI is InChI=1S/C12H18N4O2/c1-2-16-7-3-4-9(16)8-15-11-10(12(17)18)13-5-6-14-11/h5-6,9H,2-4,7-8H2,1H3,(H,14,15)(H,17,18). The second-order valence-corrected chi connectivity index (χ2v) is 4.36. The van der Waals surface area contributed by atoms with Crippen molar-refractivity contribution in [2.45, 2.75) is 25.8 Å². The van der Waals surface area contributed by atoms with Gasteiger partial charge in [-0.05, 0) is 25.9 Å². The molecule has 0 bridgehead atoms. The number of carboxylic acid groups (broad SMARTS) is 1. The van der Waals surface area contributed by atoms with Crippen molar-refractivity contribution in [1.82, 2.24) is 14.9 Å². The van der Waals surface area contributed by atoms with E-state index in [1.807, 2.05) is 0 Å². The molecule has 1 fully saturated rings. The van der Waals surface area contributed by atoms with Gasteiger partial charge in [0.15, 0.2) is 11.5 Å². The molecule has 1 aromatic rings. The van der Waals surface area contributed by atoms with E-state index in [4.69, 9.17) is 5.11 Å². The van der Waals surface area contributed by atoms with Gasteiger partial charge >= 0.3 is 5.97 Å². The van der Waals surface area contributed by atoms with Crippen molar-refractivity contribution in [3.63, 3.8) is 0 Å². The number of nitrogens with zero attached hydrogens (tertiary/aromatic N) is 3. The van der Waals surface area contributed by atoms with Crippen LogP contribution in [0.2, 0.25) is 0 Å². The number of aromatic nitrogens is 2. The van der Waals surface area contributed by atoms with Crippen LogP contribution in [0.4, 0.5) is 5.82 Å². The highest BCUT2D eigenvalue weighted by atomic mass is 16.4. The van der Waals surface area contributed by atoms with Crippen molar-refractivity contribution in [2.24, 2.45) is 0 Å². The fraction of sp³-hybridized carbons (Fsp3) is 0.583. The van der Waals surface area contributed by atoms with Crippen molar-refractivity contribution in [2.75, 3.05) is 25.0 Å². The molecule has 6 nitrogen and oxygen atoms in total. The zero-order valence-electron chi connectivity index (χ0n) is 10.5. The molecule has 0 radical (unpaired) electrons. The van der Waals surface area contributed by atoms with Gasteiger partial charge in [-0.15, -0.1) is 0 Å². The molecule has 1 aliphatic rings. The van der Waals surface area contributed by atoms with E-state index in [2.05, 4.69) is 27.1 Å². The summed E-state index contributed by atoms with van der Waals surface area (Å²) in [7, 11) is 0. The molecule has 6 heteroatoms. The summed E-state index contributed by atoms with van der Waals surface area (Å²) in [5.74, 6) is -0.697. The van der Waals surface area contributed by atoms with Crippen LogP contribution in [-0.2, 0) is 0 Å². The molecule has 0 aliphatic carbocycles. The lowest BCUT2D eigenvalue weighted by Crippen LogP contribution is -2.35. The Labute approximate surface area is 106 Å². The predicted octanol–water partition coefficient (Wildman–Crippen LogP) is 1.07. The maximum Gasteiger partial charge on any atom is 0.358 e. The Hall–Kier alpha value is -1.69. The molecule has 1 aliphatic heterocycles. The first-order valence-corrected chi connectivity index (χ1v) is 6.24. The summed E-state index contributed by atoms with van der Waals surface area (Å²) in [6.45, 7) is 5.00. The average molecular weight is 250 g/mol. The zero-order valence-corrected chi connectivity index (χ0v) is 10.5. The fourth-order valence-electron chi connectivity index (χ4n) is 2.38. The Balaban J connectivity index is 2.00. The number of likely N-dealkylation sites (N-methyl/N-ethyl adjacent to an activating group) is 1. The van der Waals surface area contributed by atoms with Crippen molar-refractivity contribution in [3.05, 3.63) is 18.1 Å². The predicted molar refractivity (Wildman–Crippen MR) is 67.8 cm³/mol. The van der Waals surface area contributed by atoms with E-state index >= 15 is 0 Å². The van der Waals surface area contributed by atoms with Crippen LogP contribution >= 0.6 is 0 Å². The molecule has 1 unspecified atom stereocenters. The number of anilines is 1. The lowest BCUT2D eigenvalue weighted by molar-refractivity contribution is 0.0691. The van der Waals surface area contributed by atoms with Crippen LogP contribution in [0.1, 0.15) is 30.3 Å². The summed E-state index contributed by atoms with van der Waals surface area (Å²) >= 11 is 0. The summed E-state index contributed by atoms with van der Waals surface area (Å²) in [4.78, 5) is 21.2. The number of likely N-dealkylation sites (tertiary alicyclic amines) is 1. The van der Waals surface area contributed by atoms with Gasteiger partial charge in [0.1, 0.15) is 0 Å². The lowest BCUT2D eigenvalue weighted by Gasteiger charge is -2.23. The summed E-state index contributed by atoms with van der Waals surface area (Å²) < 4.78 is 0. The van der Waals surface area contributed by atoms with Gasteiger partial charge in [-0.2, -0.15) is 0 Å². The molecule has 0 saturated carbocycles. The monoisotopic (exact) mass is 250 g/mol. The van der Waals surface area contributed by atoms with Gasteiger partial charge in [0, 0.05) is 25.0 Å². The van der Waals surface area contributed by atoms with Gasteiger partial charge in [-0.1, -0.05) is 6.92 Å². The van der Waals surface area contributed by atoms with Crippen LogP contribution in [-0.4, -0.2) is 51.6 Å². The third kappa shape index (κ3) is 2.76. The number of rotatable bonds is 5. The highest BCUT2D eigenvalue weighted by Gasteiger charge is 2.23. The molecule has 0 aromatic carbocycles. The first-order chi connectivity index (χ1) is 8.72.